The molecule has 0 radical (unpaired) electrons. The zero-order valence-corrected chi connectivity index (χ0v) is 20.7. The van der Waals surface area contributed by atoms with E-state index in [4.69, 9.17) is 0 Å². The first kappa shape index (κ1) is 28.0. The minimum Gasteiger partial charge on any atom is -0.347 e. The number of allylic oxidation sites excluding steroid dienone is 1. The number of piperidine rings is 1. The average Bonchev–Trinajstić information content (AvgIpc) is 3.11. The molecule has 1 unspecified atom stereocenters. The van der Waals surface area contributed by atoms with Crippen molar-refractivity contribution < 1.29 is 35.9 Å². The lowest BCUT2D eigenvalue weighted by Crippen LogP contribution is -2.34. The monoisotopic (exact) mass is 536 g/mol. The third kappa shape index (κ3) is 7.02. The molecule has 1 aromatic carbocycles. The molecule has 1 atom stereocenters. The summed E-state index contributed by atoms with van der Waals surface area (Å²) >= 11 is 0.966. The zero-order valence-electron chi connectivity index (χ0n) is 19.8. The second-order valence-corrected chi connectivity index (χ2v) is 9.93. The molecule has 1 aromatic rings. The standard InChI is InChI=1S/C23H26F6N4O2S/c1-13(20(34)32(2)3)30-19-18(36-21(35)31-19)10-14-6-8-33(9-7-14)12-15-4-5-16(22(24,25)26)11-17(15)23(27,28)29/h4-5,10-11,13-14H,6-9,12H2,1-3H3,(H,30,31,35)/b18-10-. The number of nitrogens with one attached hydrogen (secondary N) is 1. The van der Waals surface area contributed by atoms with Gasteiger partial charge in [0.15, 0.2) is 0 Å². The van der Waals surface area contributed by atoms with Gasteiger partial charge in [-0.15, -0.1) is 0 Å². The molecule has 0 aromatic heterocycles. The largest absolute Gasteiger partial charge is 0.416 e. The van der Waals surface area contributed by atoms with E-state index in [-0.39, 0.29) is 35.2 Å². The molecule has 0 bridgehead atoms. The quantitative estimate of drug-likeness (QED) is 0.529. The Hall–Kier alpha value is -2.54. The first-order chi connectivity index (χ1) is 16.6. The smallest absolute Gasteiger partial charge is 0.347 e. The molecule has 2 aliphatic heterocycles. The van der Waals surface area contributed by atoms with Crippen molar-refractivity contribution in [2.24, 2.45) is 10.9 Å². The third-order valence-corrected chi connectivity index (χ3v) is 6.77. The summed E-state index contributed by atoms with van der Waals surface area (Å²) in [7, 11) is 3.21. The lowest BCUT2D eigenvalue weighted by Gasteiger charge is -2.31. The number of aliphatic imine (C=N–C) groups is 1. The molecule has 36 heavy (non-hydrogen) atoms. The van der Waals surface area contributed by atoms with Crippen LogP contribution in [0.25, 0.3) is 0 Å². The van der Waals surface area contributed by atoms with E-state index >= 15 is 0 Å². The molecule has 13 heteroatoms. The van der Waals surface area contributed by atoms with Crippen LogP contribution in [0.15, 0.2) is 34.2 Å². The fourth-order valence-corrected chi connectivity index (χ4v) is 4.86. The highest BCUT2D eigenvalue weighted by Gasteiger charge is 2.38. The summed E-state index contributed by atoms with van der Waals surface area (Å²) in [6.07, 6.45) is -6.72. The fourth-order valence-electron chi connectivity index (χ4n) is 4.05. The number of halogens is 6. The highest BCUT2D eigenvalue weighted by Crippen LogP contribution is 2.38. The average molecular weight is 537 g/mol. The number of carbonyl (C=O) groups is 2. The van der Waals surface area contributed by atoms with Gasteiger partial charge in [0.25, 0.3) is 5.24 Å². The van der Waals surface area contributed by atoms with Crippen LogP contribution in [0.2, 0.25) is 0 Å². The van der Waals surface area contributed by atoms with Crippen molar-refractivity contribution >= 4 is 28.7 Å². The van der Waals surface area contributed by atoms with Crippen molar-refractivity contribution in [2.45, 2.75) is 44.7 Å². The number of likely N-dealkylation sites (N-methyl/N-ethyl adjacent to an activating group) is 1. The number of hydrogen-bond acceptors (Lipinski definition) is 5. The molecule has 0 saturated carbocycles. The Morgan fingerprint density at radius 1 is 1.19 bits per heavy atom. The van der Waals surface area contributed by atoms with E-state index in [9.17, 15) is 35.9 Å². The normalized spacial score (nSPS) is 21.2. The second kappa shape index (κ2) is 10.8. The van der Waals surface area contributed by atoms with Gasteiger partial charge in [-0.1, -0.05) is 12.1 Å². The van der Waals surface area contributed by atoms with Gasteiger partial charge in [0.05, 0.1) is 16.0 Å². The van der Waals surface area contributed by atoms with Crippen molar-refractivity contribution in [3.63, 3.8) is 0 Å². The zero-order chi connectivity index (χ0) is 26.8. The van der Waals surface area contributed by atoms with Gasteiger partial charge in [0.1, 0.15) is 11.9 Å². The Kier molecular flexibility index (Phi) is 8.44. The Balaban J connectivity index is 1.68. The number of amides is 2. The highest BCUT2D eigenvalue weighted by molar-refractivity contribution is 8.18. The lowest BCUT2D eigenvalue weighted by molar-refractivity contribution is -0.143. The fraction of sp³-hybridized carbons (Fsp3) is 0.522. The van der Waals surface area contributed by atoms with Crippen molar-refractivity contribution in [3.8, 4) is 0 Å². The lowest BCUT2D eigenvalue weighted by atomic mass is 9.95. The van der Waals surface area contributed by atoms with Crippen LogP contribution in [-0.2, 0) is 23.7 Å². The Labute approximate surface area is 208 Å². The van der Waals surface area contributed by atoms with Crippen molar-refractivity contribution in [3.05, 3.63) is 45.9 Å². The number of carbonyl (C=O) groups excluding carboxylic acids is 2. The second-order valence-electron chi connectivity index (χ2n) is 8.91. The molecule has 3 rings (SSSR count). The molecule has 2 aliphatic rings. The van der Waals surface area contributed by atoms with Gasteiger partial charge >= 0.3 is 12.4 Å². The van der Waals surface area contributed by atoms with Gasteiger partial charge in [-0.25, -0.2) is 0 Å². The number of rotatable bonds is 5. The third-order valence-electron chi connectivity index (χ3n) is 5.93. The summed E-state index contributed by atoms with van der Waals surface area (Å²) < 4.78 is 79.1. The summed E-state index contributed by atoms with van der Waals surface area (Å²) in [4.78, 5) is 32.1. The van der Waals surface area contributed by atoms with E-state index in [0.29, 0.717) is 42.7 Å². The Morgan fingerprint density at radius 2 is 1.83 bits per heavy atom. The number of nitrogens with zero attached hydrogens (tertiary/aromatic N) is 3. The van der Waals surface area contributed by atoms with Crippen LogP contribution in [0.3, 0.4) is 0 Å². The molecule has 0 spiro atoms. The molecular weight excluding hydrogens is 510 g/mol. The van der Waals surface area contributed by atoms with Gasteiger partial charge < -0.3 is 10.2 Å². The summed E-state index contributed by atoms with van der Waals surface area (Å²) in [6, 6.07) is 1.04. The summed E-state index contributed by atoms with van der Waals surface area (Å²) in [5, 5.41) is 2.32. The van der Waals surface area contributed by atoms with Crippen LogP contribution >= 0.6 is 11.8 Å². The molecule has 6 nitrogen and oxygen atoms in total. The van der Waals surface area contributed by atoms with Gasteiger partial charge in [-0.05, 0) is 68.2 Å². The number of thioether (sulfide) groups is 1. The summed E-state index contributed by atoms with van der Waals surface area (Å²) in [5.41, 5.74) is -2.82. The molecule has 0 aliphatic carbocycles. The SMILES string of the molecule is CC(N=C1NC(=O)S/C1=C\C1CCN(Cc2ccc(C(F)(F)F)cc2C(F)(F)F)CC1)C(=O)N(C)C. The molecule has 1 N–H and O–H groups in total. The molecule has 2 amide bonds. The number of amidine groups is 1. The van der Waals surface area contributed by atoms with Crippen LogP contribution < -0.4 is 5.32 Å². The minimum atomic E-state index is -4.90. The van der Waals surface area contributed by atoms with E-state index in [1.54, 1.807) is 25.9 Å². The summed E-state index contributed by atoms with van der Waals surface area (Å²) in [5.74, 6) is 0.119. The van der Waals surface area contributed by atoms with Gasteiger partial charge in [0.2, 0.25) is 5.91 Å². The maximum atomic E-state index is 13.4. The van der Waals surface area contributed by atoms with Crippen molar-refractivity contribution in [1.29, 1.82) is 0 Å². The molecular formula is C23H26F6N4O2S. The van der Waals surface area contributed by atoms with E-state index < -0.39 is 29.5 Å². The number of hydrogen-bond donors (Lipinski definition) is 1. The minimum absolute atomic E-state index is 0.0243. The molecule has 2 saturated heterocycles. The summed E-state index contributed by atoms with van der Waals surface area (Å²) in [6.45, 7) is 2.36. The molecule has 2 fully saturated rings. The van der Waals surface area contributed by atoms with Crippen LogP contribution in [0.5, 0.6) is 0 Å². The van der Waals surface area contributed by atoms with E-state index in [0.717, 1.165) is 17.8 Å². The van der Waals surface area contributed by atoms with Crippen LogP contribution in [0.1, 0.15) is 36.5 Å². The Morgan fingerprint density at radius 3 is 2.39 bits per heavy atom. The van der Waals surface area contributed by atoms with Gasteiger partial charge in [-0.2, -0.15) is 26.3 Å². The van der Waals surface area contributed by atoms with E-state index in [2.05, 4.69) is 10.3 Å². The first-order valence-corrected chi connectivity index (χ1v) is 12.0. The maximum Gasteiger partial charge on any atom is 0.416 e. The number of benzene rings is 1. The van der Waals surface area contributed by atoms with E-state index in [1.165, 1.54) is 4.90 Å². The van der Waals surface area contributed by atoms with Gasteiger partial charge in [-0.3, -0.25) is 19.5 Å². The molecule has 198 valence electrons. The van der Waals surface area contributed by atoms with Crippen LogP contribution in [-0.4, -0.2) is 60.0 Å². The predicted octanol–water partition coefficient (Wildman–Crippen LogP) is 5.15. The van der Waals surface area contributed by atoms with Crippen molar-refractivity contribution in [2.75, 3.05) is 27.2 Å². The molecule has 2 heterocycles. The topological polar surface area (TPSA) is 65.0 Å². The van der Waals surface area contributed by atoms with Gasteiger partial charge in [0, 0.05) is 20.6 Å². The van der Waals surface area contributed by atoms with Crippen molar-refractivity contribution in [1.82, 2.24) is 15.1 Å². The van der Waals surface area contributed by atoms with Crippen LogP contribution in [0, 0.1) is 5.92 Å². The van der Waals surface area contributed by atoms with Crippen LogP contribution in [0.4, 0.5) is 31.1 Å². The Bertz CT molecular complexity index is 1060. The van der Waals surface area contributed by atoms with E-state index in [1.807, 2.05) is 6.08 Å². The number of likely N-dealkylation sites (tertiary alicyclic amines) is 1. The number of alkyl halides is 6. The predicted molar refractivity (Wildman–Crippen MR) is 124 cm³/mol. The maximum absolute atomic E-state index is 13.4. The highest BCUT2D eigenvalue weighted by atomic mass is 32.2. The first-order valence-electron chi connectivity index (χ1n) is 11.1.